The van der Waals surface area contributed by atoms with Crippen molar-refractivity contribution in [2.75, 3.05) is 6.54 Å². The Balaban J connectivity index is 1.29. The Morgan fingerprint density at radius 3 is 2.86 bits per heavy atom. The maximum Gasteiger partial charge on any atom is 0.216 e. The molecule has 0 bridgehead atoms. The Morgan fingerprint density at radius 2 is 2.03 bits per heavy atom. The Bertz CT molecular complexity index is 1320. The summed E-state index contributed by atoms with van der Waals surface area (Å²) in [6.45, 7) is 4.21. The van der Waals surface area contributed by atoms with Gasteiger partial charge in [-0.3, -0.25) is 19.4 Å². The molecular formula is C29H30N2O4. The van der Waals surface area contributed by atoms with E-state index in [4.69, 9.17) is 4.74 Å². The van der Waals surface area contributed by atoms with Gasteiger partial charge in [0.05, 0.1) is 5.57 Å². The highest BCUT2D eigenvalue weighted by molar-refractivity contribution is 6.00. The smallest absolute Gasteiger partial charge is 0.216 e. The van der Waals surface area contributed by atoms with E-state index in [1.165, 1.54) is 6.92 Å². The molecule has 1 amide bonds. The van der Waals surface area contributed by atoms with E-state index in [0.717, 1.165) is 40.5 Å². The zero-order chi connectivity index (χ0) is 24.3. The average Bonchev–Trinajstić information content (AvgIpc) is 3.12. The van der Waals surface area contributed by atoms with Crippen molar-refractivity contribution < 1.29 is 19.1 Å². The van der Waals surface area contributed by atoms with Crippen molar-refractivity contribution in [3.05, 3.63) is 65.2 Å². The molecule has 1 N–H and O–H groups in total. The molecule has 5 atom stereocenters. The molecule has 0 spiro atoms. The standard InChI is InChI=1S/C29H30N2O4/c1-16(32)31-14-17-9-24(33)22-12-20-5-7-29(2)23(28(20)35-26(22)10-17)13-25(34)27(29)19-3-4-21-15-30-8-6-18(21)11-19/h3-4,6,8,11-12,15,17,23,27-28H,5,7,9-10,13-14H2,1-2H3,(H,31,32)/t17?,23-,27-,28+,29-/m0/s1. The molecule has 4 aliphatic rings. The van der Waals surface area contributed by atoms with E-state index in [1.54, 1.807) is 6.20 Å². The highest BCUT2D eigenvalue weighted by Gasteiger charge is 2.58. The Hall–Kier alpha value is -3.28. The number of nitrogens with one attached hydrogen (secondary N) is 1. The van der Waals surface area contributed by atoms with E-state index in [0.29, 0.717) is 31.4 Å². The summed E-state index contributed by atoms with van der Waals surface area (Å²) < 4.78 is 6.60. The molecule has 1 aromatic heterocycles. The lowest BCUT2D eigenvalue weighted by molar-refractivity contribution is -0.121. The van der Waals surface area contributed by atoms with Gasteiger partial charge in [-0.1, -0.05) is 25.1 Å². The number of carbonyl (C=O) groups is 3. The molecule has 2 aromatic rings. The number of allylic oxidation sites excluding steroid dienone is 3. The van der Waals surface area contributed by atoms with E-state index in [-0.39, 0.29) is 46.7 Å². The molecule has 3 aliphatic carbocycles. The lowest BCUT2D eigenvalue weighted by atomic mass is 9.61. The summed E-state index contributed by atoms with van der Waals surface area (Å²) in [4.78, 5) is 42.0. The van der Waals surface area contributed by atoms with Crippen molar-refractivity contribution in [2.24, 2.45) is 17.3 Å². The molecule has 0 radical (unpaired) electrons. The minimum absolute atomic E-state index is 0.0418. The quantitative estimate of drug-likeness (QED) is 0.719. The summed E-state index contributed by atoms with van der Waals surface area (Å²) in [6.07, 6.45) is 8.81. The maximum atomic E-state index is 13.5. The van der Waals surface area contributed by atoms with Crippen LogP contribution >= 0.6 is 0 Å². The van der Waals surface area contributed by atoms with Gasteiger partial charge in [0.2, 0.25) is 5.91 Å². The number of Topliss-reactive ketones (excluding diaryl/α,β-unsaturated/α-hetero) is 2. The van der Waals surface area contributed by atoms with Crippen molar-refractivity contribution in [1.29, 1.82) is 0 Å². The largest absolute Gasteiger partial charge is 0.489 e. The number of rotatable bonds is 3. The zero-order valence-electron chi connectivity index (χ0n) is 20.2. The van der Waals surface area contributed by atoms with Gasteiger partial charge in [-0.2, -0.15) is 0 Å². The fourth-order valence-electron chi connectivity index (χ4n) is 6.92. The maximum absolute atomic E-state index is 13.5. The highest BCUT2D eigenvalue weighted by Crippen LogP contribution is 2.60. The van der Waals surface area contributed by atoms with Crippen molar-refractivity contribution >= 4 is 28.2 Å². The molecule has 1 aromatic carbocycles. The number of benzene rings is 1. The molecular weight excluding hydrogens is 440 g/mol. The topological polar surface area (TPSA) is 85.4 Å². The SMILES string of the molecule is CC(=O)NCC1CC(=O)C2=C(C1)O[C@@H]1C(=C2)CC[C@]2(C)[C@@H](c3ccc4cnccc4c3)C(=O)C[C@@H]12. The summed E-state index contributed by atoms with van der Waals surface area (Å²) >= 11 is 0. The minimum Gasteiger partial charge on any atom is -0.489 e. The van der Waals surface area contributed by atoms with Gasteiger partial charge in [-0.25, -0.2) is 0 Å². The average molecular weight is 471 g/mol. The fourth-order valence-corrected chi connectivity index (χ4v) is 6.92. The second kappa shape index (κ2) is 8.14. The van der Waals surface area contributed by atoms with Crippen LogP contribution in [0.4, 0.5) is 0 Å². The number of nitrogens with zero attached hydrogens (tertiary/aromatic N) is 1. The van der Waals surface area contributed by atoms with Gasteiger partial charge in [-0.05, 0) is 52.8 Å². The predicted octanol–water partition coefficient (Wildman–Crippen LogP) is 4.40. The lowest BCUT2D eigenvalue weighted by Gasteiger charge is -2.47. The predicted molar refractivity (Wildman–Crippen MR) is 131 cm³/mol. The third-order valence-corrected chi connectivity index (χ3v) is 8.72. The van der Waals surface area contributed by atoms with Crippen LogP contribution in [0.3, 0.4) is 0 Å². The normalized spacial score (nSPS) is 31.9. The third kappa shape index (κ3) is 3.62. The molecule has 2 saturated carbocycles. The first-order chi connectivity index (χ1) is 16.8. The van der Waals surface area contributed by atoms with Gasteiger partial charge in [0.1, 0.15) is 17.6 Å². The summed E-state index contributed by atoms with van der Waals surface area (Å²) in [5, 5.41) is 5.01. The van der Waals surface area contributed by atoms with Gasteiger partial charge >= 0.3 is 0 Å². The third-order valence-electron chi connectivity index (χ3n) is 8.72. The van der Waals surface area contributed by atoms with Crippen molar-refractivity contribution in [2.45, 2.75) is 58.0 Å². The van der Waals surface area contributed by atoms with Gasteiger partial charge in [0, 0.05) is 62.3 Å². The zero-order valence-corrected chi connectivity index (χ0v) is 20.2. The van der Waals surface area contributed by atoms with Crippen LogP contribution in [0.15, 0.2) is 59.6 Å². The Morgan fingerprint density at radius 1 is 1.17 bits per heavy atom. The van der Waals surface area contributed by atoms with Gasteiger partial charge in [-0.15, -0.1) is 0 Å². The number of ketones is 2. The van der Waals surface area contributed by atoms with Crippen LogP contribution in [0.1, 0.15) is 57.4 Å². The number of hydrogen-bond donors (Lipinski definition) is 1. The summed E-state index contributed by atoms with van der Waals surface area (Å²) in [5.41, 5.74) is 2.72. The van der Waals surface area contributed by atoms with Crippen LogP contribution < -0.4 is 5.32 Å². The number of hydrogen-bond acceptors (Lipinski definition) is 5. The monoisotopic (exact) mass is 470 g/mol. The number of amides is 1. The van der Waals surface area contributed by atoms with E-state index in [1.807, 2.05) is 12.3 Å². The summed E-state index contributed by atoms with van der Waals surface area (Å²) in [6, 6.07) is 8.29. The molecule has 6 rings (SSSR count). The van der Waals surface area contributed by atoms with Gasteiger partial charge in [0.25, 0.3) is 0 Å². The van der Waals surface area contributed by atoms with Crippen LogP contribution in [0.5, 0.6) is 0 Å². The van der Waals surface area contributed by atoms with Gasteiger partial charge in [0.15, 0.2) is 5.78 Å². The molecule has 35 heavy (non-hydrogen) atoms. The number of ether oxygens (including phenoxy) is 1. The molecule has 6 heteroatoms. The van der Waals surface area contributed by atoms with Crippen molar-refractivity contribution in [3.8, 4) is 0 Å². The molecule has 0 saturated heterocycles. The van der Waals surface area contributed by atoms with Crippen LogP contribution in [0.25, 0.3) is 10.8 Å². The second-order valence-corrected chi connectivity index (χ2v) is 10.9. The van der Waals surface area contributed by atoms with Crippen LogP contribution in [-0.2, 0) is 19.1 Å². The first-order valence-electron chi connectivity index (χ1n) is 12.6. The number of aromatic nitrogens is 1. The molecule has 2 fully saturated rings. The first-order valence-corrected chi connectivity index (χ1v) is 12.6. The molecule has 6 nitrogen and oxygen atoms in total. The molecule has 180 valence electrons. The molecule has 1 aliphatic heterocycles. The van der Waals surface area contributed by atoms with Crippen LogP contribution in [-0.4, -0.2) is 35.1 Å². The Labute approximate surface area is 204 Å². The Kier molecular flexibility index (Phi) is 5.17. The summed E-state index contributed by atoms with van der Waals surface area (Å²) in [7, 11) is 0. The van der Waals surface area contributed by atoms with E-state index in [2.05, 4.69) is 41.5 Å². The van der Waals surface area contributed by atoms with Crippen molar-refractivity contribution in [1.82, 2.24) is 10.3 Å². The highest BCUT2D eigenvalue weighted by atomic mass is 16.5. The number of carbonyl (C=O) groups excluding carboxylic acids is 3. The summed E-state index contributed by atoms with van der Waals surface area (Å²) in [5.74, 6) is 0.973. The molecule has 2 heterocycles. The van der Waals surface area contributed by atoms with Crippen LogP contribution in [0.2, 0.25) is 0 Å². The number of pyridine rings is 1. The fraction of sp³-hybridized carbons (Fsp3) is 0.448. The first kappa shape index (κ1) is 22.2. The van der Waals surface area contributed by atoms with E-state index < -0.39 is 0 Å². The van der Waals surface area contributed by atoms with E-state index >= 15 is 0 Å². The van der Waals surface area contributed by atoms with E-state index in [9.17, 15) is 14.4 Å². The lowest BCUT2D eigenvalue weighted by Crippen LogP contribution is -2.44. The van der Waals surface area contributed by atoms with Crippen molar-refractivity contribution in [3.63, 3.8) is 0 Å². The minimum atomic E-state index is -0.202. The van der Waals surface area contributed by atoms with Gasteiger partial charge < -0.3 is 10.1 Å². The number of fused-ring (bicyclic) bond motifs is 4. The van der Waals surface area contributed by atoms with Crippen LogP contribution in [0, 0.1) is 17.3 Å². The second-order valence-electron chi connectivity index (χ2n) is 10.9. The molecule has 1 unspecified atom stereocenters.